The van der Waals surface area contributed by atoms with Gasteiger partial charge in [0.15, 0.2) is 0 Å². The SMILES string of the molecule is CCNC(C)(CCN1CC(C)OCC1CC)C(=O)OCC. The number of morpholine rings is 1. The molecule has 1 aliphatic rings. The molecule has 21 heavy (non-hydrogen) atoms. The van der Waals surface area contributed by atoms with Crippen LogP contribution in [-0.4, -0.2) is 61.4 Å². The molecule has 0 aromatic carbocycles. The number of esters is 1. The Kier molecular flexibility index (Phi) is 7.63. The molecular formula is C16H32N2O3. The Hall–Kier alpha value is -0.650. The first-order valence-corrected chi connectivity index (χ1v) is 8.24. The molecule has 1 heterocycles. The zero-order valence-electron chi connectivity index (χ0n) is 14.3. The van der Waals surface area contributed by atoms with Crippen LogP contribution in [-0.2, 0) is 14.3 Å². The summed E-state index contributed by atoms with van der Waals surface area (Å²) in [6.45, 7) is 13.9. The maximum atomic E-state index is 12.2. The van der Waals surface area contributed by atoms with Crippen LogP contribution in [0.4, 0.5) is 0 Å². The molecule has 1 N–H and O–H groups in total. The topological polar surface area (TPSA) is 50.8 Å². The first kappa shape index (κ1) is 18.4. The fourth-order valence-corrected chi connectivity index (χ4v) is 2.87. The predicted octanol–water partition coefficient (Wildman–Crippen LogP) is 1.81. The highest BCUT2D eigenvalue weighted by atomic mass is 16.5. The van der Waals surface area contributed by atoms with E-state index in [-0.39, 0.29) is 12.1 Å². The Balaban J connectivity index is 2.64. The predicted molar refractivity (Wildman–Crippen MR) is 84.4 cm³/mol. The lowest BCUT2D eigenvalue weighted by atomic mass is 9.96. The normalized spacial score (nSPS) is 26.3. The summed E-state index contributed by atoms with van der Waals surface area (Å²) in [5.74, 6) is -0.152. The lowest BCUT2D eigenvalue weighted by Gasteiger charge is -2.40. The Morgan fingerprint density at radius 2 is 2.14 bits per heavy atom. The summed E-state index contributed by atoms with van der Waals surface area (Å²) in [4.78, 5) is 14.7. The second-order valence-electron chi connectivity index (χ2n) is 6.03. The number of nitrogens with zero attached hydrogens (tertiary/aromatic N) is 1. The van der Waals surface area contributed by atoms with Gasteiger partial charge in [0.05, 0.1) is 19.3 Å². The van der Waals surface area contributed by atoms with E-state index < -0.39 is 5.54 Å². The Labute approximate surface area is 129 Å². The largest absolute Gasteiger partial charge is 0.465 e. The van der Waals surface area contributed by atoms with Crippen molar-refractivity contribution in [1.82, 2.24) is 10.2 Å². The summed E-state index contributed by atoms with van der Waals surface area (Å²) in [6.07, 6.45) is 2.09. The molecule has 1 aliphatic heterocycles. The smallest absolute Gasteiger partial charge is 0.326 e. The summed E-state index contributed by atoms with van der Waals surface area (Å²) in [7, 11) is 0. The zero-order valence-corrected chi connectivity index (χ0v) is 14.3. The number of ether oxygens (including phenoxy) is 2. The summed E-state index contributed by atoms with van der Waals surface area (Å²) >= 11 is 0. The maximum absolute atomic E-state index is 12.2. The van der Waals surface area contributed by atoms with Gasteiger partial charge in [-0.15, -0.1) is 0 Å². The Bertz CT molecular complexity index is 325. The summed E-state index contributed by atoms with van der Waals surface area (Å²) < 4.78 is 11.0. The highest BCUT2D eigenvalue weighted by Crippen LogP contribution is 2.19. The van der Waals surface area contributed by atoms with Crippen LogP contribution < -0.4 is 5.32 Å². The van der Waals surface area contributed by atoms with Crippen molar-refractivity contribution in [3.8, 4) is 0 Å². The molecule has 124 valence electrons. The average Bonchev–Trinajstić information content (AvgIpc) is 2.46. The number of carbonyl (C=O) groups excluding carboxylic acids is 1. The summed E-state index contributed by atoms with van der Waals surface area (Å²) in [6, 6.07) is 0.453. The van der Waals surface area contributed by atoms with Crippen LogP contribution in [0.25, 0.3) is 0 Å². The molecule has 0 aromatic rings. The van der Waals surface area contributed by atoms with Crippen molar-refractivity contribution in [2.75, 3.05) is 32.8 Å². The highest BCUT2D eigenvalue weighted by molar-refractivity contribution is 5.80. The Morgan fingerprint density at radius 3 is 2.71 bits per heavy atom. The van der Waals surface area contributed by atoms with Crippen molar-refractivity contribution in [1.29, 1.82) is 0 Å². The van der Waals surface area contributed by atoms with E-state index in [0.29, 0.717) is 12.6 Å². The standard InChI is InChI=1S/C16H32N2O3/c1-6-14-12-21-13(4)11-18(14)10-9-16(5,17-7-2)15(19)20-8-3/h13-14,17H,6-12H2,1-5H3. The number of hydrogen-bond donors (Lipinski definition) is 1. The number of carbonyl (C=O) groups is 1. The zero-order chi connectivity index (χ0) is 15.9. The molecule has 0 saturated carbocycles. The lowest BCUT2D eigenvalue weighted by molar-refractivity contribution is -0.151. The van der Waals surface area contributed by atoms with E-state index in [1.807, 2.05) is 20.8 Å². The van der Waals surface area contributed by atoms with Crippen LogP contribution in [0, 0.1) is 0 Å². The third-order valence-corrected chi connectivity index (χ3v) is 4.24. The fraction of sp³-hybridized carbons (Fsp3) is 0.938. The van der Waals surface area contributed by atoms with Gasteiger partial charge in [0.1, 0.15) is 5.54 Å². The molecule has 0 bridgehead atoms. The molecule has 5 nitrogen and oxygen atoms in total. The quantitative estimate of drug-likeness (QED) is 0.693. The van der Waals surface area contributed by atoms with Crippen molar-refractivity contribution in [2.24, 2.45) is 0 Å². The van der Waals surface area contributed by atoms with Gasteiger partial charge in [0, 0.05) is 19.1 Å². The van der Waals surface area contributed by atoms with Gasteiger partial charge < -0.3 is 14.8 Å². The van der Waals surface area contributed by atoms with Crippen molar-refractivity contribution in [3.63, 3.8) is 0 Å². The summed E-state index contributed by atoms with van der Waals surface area (Å²) in [5.41, 5.74) is -0.607. The second kappa shape index (κ2) is 8.71. The molecule has 0 spiro atoms. The second-order valence-corrected chi connectivity index (χ2v) is 6.03. The molecule has 0 aromatic heterocycles. The van der Waals surface area contributed by atoms with Crippen molar-refractivity contribution in [3.05, 3.63) is 0 Å². The third-order valence-electron chi connectivity index (χ3n) is 4.24. The van der Waals surface area contributed by atoms with Crippen molar-refractivity contribution < 1.29 is 14.3 Å². The number of likely N-dealkylation sites (N-methyl/N-ethyl adjacent to an activating group) is 1. The minimum absolute atomic E-state index is 0.152. The monoisotopic (exact) mass is 300 g/mol. The molecule has 1 rings (SSSR count). The van der Waals surface area contributed by atoms with Gasteiger partial charge in [0.25, 0.3) is 0 Å². The molecule has 3 unspecified atom stereocenters. The van der Waals surface area contributed by atoms with E-state index in [4.69, 9.17) is 9.47 Å². The van der Waals surface area contributed by atoms with Gasteiger partial charge in [-0.1, -0.05) is 13.8 Å². The molecule has 1 fully saturated rings. The molecular weight excluding hydrogens is 268 g/mol. The molecule has 0 aliphatic carbocycles. The lowest BCUT2D eigenvalue weighted by Crippen LogP contribution is -2.55. The fourth-order valence-electron chi connectivity index (χ4n) is 2.87. The number of rotatable bonds is 8. The van der Waals surface area contributed by atoms with Gasteiger partial charge in [-0.3, -0.25) is 9.69 Å². The van der Waals surface area contributed by atoms with Gasteiger partial charge in [0.2, 0.25) is 0 Å². The minimum Gasteiger partial charge on any atom is -0.465 e. The van der Waals surface area contributed by atoms with E-state index in [0.717, 1.165) is 39.1 Å². The van der Waals surface area contributed by atoms with E-state index in [1.165, 1.54) is 0 Å². The van der Waals surface area contributed by atoms with Crippen LogP contribution in [0.1, 0.15) is 47.5 Å². The van der Waals surface area contributed by atoms with Crippen molar-refractivity contribution >= 4 is 5.97 Å². The first-order chi connectivity index (χ1) is 9.96. The molecule has 5 heteroatoms. The van der Waals surface area contributed by atoms with Crippen molar-refractivity contribution in [2.45, 2.75) is 65.1 Å². The van der Waals surface area contributed by atoms with E-state index in [1.54, 1.807) is 0 Å². The van der Waals surface area contributed by atoms with Crippen LogP contribution in [0.2, 0.25) is 0 Å². The molecule has 1 saturated heterocycles. The maximum Gasteiger partial charge on any atom is 0.326 e. The molecule has 3 atom stereocenters. The highest BCUT2D eigenvalue weighted by Gasteiger charge is 2.35. The van der Waals surface area contributed by atoms with Crippen LogP contribution in [0.3, 0.4) is 0 Å². The van der Waals surface area contributed by atoms with E-state index in [2.05, 4.69) is 24.1 Å². The molecule has 0 radical (unpaired) electrons. The first-order valence-electron chi connectivity index (χ1n) is 8.24. The number of hydrogen-bond acceptors (Lipinski definition) is 5. The van der Waals surface area contributed by atoms with Crippen LogP contribution in [0.5, 0.6) is 0 Å². The molecule has 0 amide bonds. The van der Waals surface area contributed by atoms with Gasteiger partial charge in [-0.05, 0) is 40.2 Å². The van der Waals surface area contributed by atoms with E-state index >= 15 is 0 Å². The van der Waals surface area contributed by atoms with E-state index in [9.17, 15) is 4.79 Å². The van der Waals surface area contributed by atoms with Crippen LogP contribution >= 0.6 is 0 Å². The average molecular weight is 300 g/mol. The van der Waals surface area contributed by atoms with Crippen LogP contribution in [0.15, 0.2) is 0 Å². The Morgan fingerprint density at radius 1 is 1.43 bits per heavy atom. The van der Waals surface area contributed by atoms with Gasteiger partial charge in [-0.2, -0.15) is 0 Å². The third kappa shape index (κ3) is 5.24. The summed E-state index contributed by atoms with van der Waals surface area (Å²) in [5, 5.41) is 3.29. The van der Waals surface area contributed by atoms with Gasteiger partial charge >= 0.3 is 5.97 Å². The number of nitrogens with one attached hydrogen (secondary N) is 1. The minimum atomic E-state index is -0.607. The van der Waals surface area contributed by atoms with Gasteiger partial charge in [-0.25, -0.2) is 0 Å².